The van der Waals surface area contributed by atoms with Crippen LogP contribution >= 0.6 is 23.5 Å². The number of carboxylic acids is 1. The van der Waals surface area contributed by atoms with Gasteiger partial charge >= 0.3 is 5.97 Å². The molecule has 0 aromatic carbocycles. The molecule has 33 heavy (non-hydrogen) atoms. The number of carboxylic acid groups (broad SMARTS) is 1. The van der Waals surface area contributed by atoms with E-state index in [0.29, 0.717) is 17.9 Å². The van der Waals surface area contributed by atoms with Crippen LogP contribution in [-0.2, 0) is 24.0 Å². The second kappa shape index (κ2) is 16.6. The molecule has 190 valence electrons. The largest absolute Gasteiger partial charge is 0.480 e. The Morgan fingerprint density at radius 1 is 0.818 bits per heavy atom. The number of nitrogens with two attached hydrogens (primary N) is 2. The van der Waals surface area contributed by atoms with Gasteiger partial charge in [0.2, 0.25) is 23.6 Å². The number of rotatable bonds is 17. The highest BCUT2D eigenvalue weighted by Gasteiger charge is 2.31. The van der Waals surface area contributed by atoms with E-state index < -0.39 is 60.2 Å². The molecule has 0 bridgehead atoms. The van der Waals surface area contributed by atoms with E-state index in [-0.39, 0.29) is 18.8 Å². The average molecular weight is 508 g/mol. The monoisotopic (exact) mass is 507 g/mol. The number of hydrogen-bond donors (Lipinski definition) is 6. The lowest BCUT2D eigenvalue weighted by atomic mass is 10.0. The number of primary amides is 1. The number of thioether (sulfide) groups is 2. The summed E-state index contributed by atoms with van der Waals surface area (Å²) in [6.45, 7) is 3.72. The minimum absolute atomic E-state index is 0.0230. The Kier molecular flexibility index (Phi) is 15.6. The first-order chi connectivity index (χ1) is 15.4. The number of amides is 4. The standard InChI is InChI=1S/C20H37N5O6S2/c1-11(2)9-14(24-17(27)12(21)5-7-32-3)18(28)25-15(10-16(22)26)19(29)23-13(20(30)31)6-8-33-4/h11-15H,5-10,21H2,1-4H3,(H2,22,26)(H,23,29)(H,24,27)(H,25,28)(H,30,31). The lowest BCUT2D eigenvalue weighted by Gasteiger charge is -2.25. The SMILES string of the molecule is CSCCC(N)C(=O)NC(CC(C)C)C(=O)NC(CC(N)=O)C(=O)NC(CCSC)C(=O)O. The Labute approximate surface area is 203 Å². The second-order valence-electron chi connectivity index (χ2n) is 7.99. The smallest absolute Gasteiger partial charge is 0.326 e. The molecule has 0 aliphatic carbocycles. The molecule has 11 nitrogen and oxygen atoms in total. The van der Waals surface area contributed by atoms with Crippen molar-refractivity contribution >= 4 is 53.1 Å². The topological polar surface area (TPSA) is 194 Å². The van der Waals surface area contributed by atoms with Crippen molar-refractivity contribution in [3.8, 4) is 0 Å². The van der Waals surface area contributed by atoms with Crippen molar-refractivity contribution < 1.29 is 29.1 Å². The summed E-state index contributed by atoms with van der Waals surface area (Å²) in [4.78, 5) is 60.9. The third kappa shape index (κ3) is 13.3. The zero-order valence-corrected chi connectivity index (χ0v) is 21.2. The van der Waals surface area contributed by atoms with E-state index in [9.17, 15) is 29.1 Å². The molecule has 0 saturated carbocycles. The minimum Gasteiger partial charge on any atom is -0.480 e. The van der Waals surface area contributed by atoms with Crippen LogP contribution in [0, 0.1) is 5.92 Å². The fourth-order valence-corrected chi connectivity index (χ4v) is 3.77. The van der Waals surface area contributed by atoms with E-state index >= 15 is 0 Å². The number of nitrogens with one attached hydrogen (secondary N) is 3. The minimum atomic E-state index is -1.39. The maximum Gasteiger partial charge on any atom is 0.326 e. The second-order valence-corrected chi connectivity index (χ2v) is 9.96. The number of aliphatic carboxylic acids is 1. The predicted octanol–water partition coefficient (Wildman–Crippen LogP) is -0.720. The molecule has 0 aliphatic heterocycles. The van der Waals surface area contributed by atoms with Gasteiger partial charge in [-0.1, -0.05) is 13.8 Å². The maximum atomic E-state index is 12.9. The first-order valence-electron chi connectivity index (χ1n) is 10.6. The summed E-state index contributed by atoms with van der Waals surface area (Å²) < 4.78 is 0. The molecule has 0 fully saturated rings. The first kappa shape index (κ1) is 31.0. The number of hydrogen-bond acceptors (Lipinski definition) is 8. The van der Waals surface area contributed by atoms with E-state index in [1.54, 1.807) is 18.0 Å². The van der Waals surface area contributed by atoms with Crippen molar-refractivity contribution in [2.75, 3.05) is 24.0 Å². The van der Waals surface area contributed by atoms with Gasteiger partial charge < -0.3 is 32.5 Å². The van der Waals surface area contributed by atoms with Gasteiger partial charge in [0.1, 0.15) is 18.1 Å². The van der Waals surface area contributed by atoms with E-state index in [1.165, 1.54) is 11.8 Å². The molecule has 0 aromatic heterocycles. The summed E-state index contributed by atoms with van der Waals surface area (Å²) in [5, 5.41) is 16.7. The molecular weight excluding hydrogens is 470 g/mol. The van der Waals surface area contributed by atoms with Gasteiger partial charge in [-0.2, -0.15) is 23.5 Å². The van der Waals surface area contributed by atoms with Gasteiger partial charge in [0.25, 0.3) is 0 Å². The molecule has 0 saturated heterocycles. The van der Waals surface area contributed by atoms with Crippen molar-refractivity contribution in [1.29, 1.82) is 0 Å². The summed E-state index contributed by atoms with van der Waals surface area (Å²) in [5.41, 5.74) is 11.1. The molecule has 0 spiro atoms. The van der Waals surface area contributed by atoms with Gasteiger partial charge in [-0.05, 0) is 49.2 Å². The van der Waals surface area contributed by atoms with Crippen molar-refractivity contribution in [1.82, 2.24) is 16.0 Å². The van der Waals surface area contributed by atoms with E-state index in [1.807, 2.05) is 20.1 Å². The van der Waals surface area contributed by atoms with Crippen LogP contribution in [0.2, 0.25) is 0 Å². The van der Waals surface area contributed by atoms with Crippen LogP contribution < -0.4 is 27.4 Å². The third-order valence-corrected chi connectivity index (χ3v) is 5.86. The van der Waals surface area contributed by atoms with Crippen molar-refractivity contribution in [3.63, 3.8) is 0 Å². The van der Waals surface area contributed by atoms with E-state index in [0.717, 1.165) is 0 Å². The molecule has 8 N–H and O–H groups in total. The van der Waals surface area contributed by atoms with Crippen LogP contribution in [0.4, 0.5) is 0 Å². The zero-order chi connectivity index (χ0) is 25.6. The van der Waals surface area contributed by atoms with Crippen molar-refractivity contribution in [2.45, 2.75) is 63.7 Å². The highest BCUT2D eigenvalue weighted by atomic mass is 32.2. The van der Waals surface area contributed by atoms with E-state index in [4.69, 9.17) is 11.5 Å². The number of carbonyl (C=O) groups is 5. The van der Waals surface area contributed by atoms with Gasteiger partial charge in [-0.3, -0.25) is 19.2 Å². The highest BCUT2D eigenvalue weighted by Crippen LogP contribution is 2.08. The van der Waals surface area contributed by atoms with Crippen molar-refractivity contribution in [2.24, 2.45) is 17.4 Å². The summed E-state index contributed by atoms with van der Waals surface area (Å²) in [6.07, 6.45) is 4.03. The van der Waals surface area contributed by atoms with Gasteiger partial charge in [-0.25, -0.2) is 4.79 Å². The first-order valence-corrected chi connectivity index (χ1v) is 13.4. The van der Waals surface area contributed by atoms with Crippen LogP contribution in [0.3, 0.4) is 0 Å². The third-order valence-electron chi connectivity index (χ3n) is 4.57. The molecule has 0 radical (unpaired) electrons. The lowest BCUT2D eigenvalue weighted by Crippen LogP contribution is -2.58. The van der Waals surface area contributed by atoms with Gasteiger partial charge in [0, 0.05) is 0 Å². The molecular formula is C20H37N5O6S2. The average Bonchev–Trinajstić information content (AvgIpc) is 2.72. The number of carbonyl (C=O) groups excluding carboxylic acids is 4. The lowest BCUT2D eigenvalue weighted by molar-refractivity contribution is -0.142. The molecule has 0 rings (SSSR count). The van der Waals surface area contributed by atoms with Crippen LogP contribution in [0.15, 0.2) is 0 Å². The summed E-state index contributed by atoms with van der Waals surface area (Å²) in [5.74, 6) is -2.92. The Bertz CT molecular complexity index is 679. The Balaban J connectivity index is 5.43. The normalized spacial score (nSPS) is 14.6. The summed E-state index contributed by atoms with van der Waals surface area (Å²) >= 11 is 2.96. The van der Waals surface area contributed by atoms with Gasteiger partial charge in [0.15, 0.2) is 0 Å². The Hall–Kier alpha value is -1.99. The summed E-state index contributed by atoms with van der Waals surface area (Å²) in [6, 6.07) is -4.36. The van der Waals surface area contributed by atoms with Crippen LogP contribution in [-0.4, -0.2) is 82.9 Å². The van der Waals surface area contributed by atoms with Crippen LogP contribution in [0.25, 0.3) is 0 Å². The maximum absolute atomic E-state index is 12.9. The molecule has 0 aromatic rings. The van der Waals surface area contributed by atoms with Crippen LogP contribution in [0.1, 0.15) is 39.5 Å². The van der Waals surface area contributed by atoms with Crippen LogP contribution in [0.5, 0.6) is 0 Å². The fraction of sp³-hybridized carbons (Fsp3) is 0.750. The summed E-state index contributed by atoms with van der Waals surface area (Å²) in [7, 11) is 0. The Morgan fingerprint density at radius 3 is 1.79 bits per heavy atom. The molecule has 4 atom stereocenters. The Morgan fingerprint density at radius 2 is 1.30 bits per heavy atom. The zero-order valence-electron chi connectivity index (χ0n) is 19.6. The molecule has 0 heterocycles. The molecule has 4 unspecified atom stereocenters. The predicted molar refractivity (Wildman–Crippen MR) is 131 cm³/mol. The van der Waals surface area contributed by atoms with Gasteiger partial charge in [-0.15, -0.1) is 0 Å². The van der Waals surface area contributed by atoms with Gasteiger partial charge in [0.05, 0.1) is 12.5 Å². The highest BCUT2D eigenvalue weighted by molar-refractivity contribution is 7.98. The fourth-order valence-electron chi connectivity index (χ4n) is 2.81. The van der Waals surface area contributed by atoms with E-state index in [2.05, 4.69) is 16.0 Å². The molecule has 4 amide bonds. The molecule has 0 aliphatic rings. The quantitative estimate of drug-likeness (QED) is 0.147. The van der Waals surface area contributed by atoms with Crippen molar-refractivity contribution in [3.05, 3.63) is 0 Å². The molecule has 13 heteroatoms.